The third-order valence-corrected chi connectivity index (χ3v) is 7.52. The minimum atomic E-state index is -0.512. The summed E-state index contributed by atoms with van der Waals surface area (Å²) < 4.78 is 25.3. The number of amides is 3. The average molecular weight is 654 g/mol. The molecule has 4 rings (SSSR count). The molecule has 3 aromatic carbocycles. The van der Waals surface area contributed by atoms with E-state index in [-0.39, 0.29) is 23.1 Å². The van der Waals surface area contributed by atoms with Crippen LogP contribution in [0.25, 0.3) is 6.08 Å². The third kappa shape index (κ3) is 7.13. The van der Waals surface area contributed by atoms with Crippen LogP contribution in [-0.2, 0) is 16.1 Å². The maximum Gasteiger partial charge on any atom is 0.293 e. The molecule has 39 heavy (non-hydrogen) atoms. The molecule has 0 spiro atoms. The van der Waals surface area contributed by atoms with Gasteiger partial charge in [0.2, 0.25) is 0 Å². The molecule has 1 fully saturated rings. The molecule has 0 atom stereocenters. The van der Waals surface area contributed by atoms with Crippen molar-refractivity contribution < 1.29 is 28.2 Å². The van der Waals surface area contributed by atoms with Crippen molar-refractivity contribution in [2.75, 3.05) is 18.5 Å². The van der Waals surface area contributed by atoms with Crippen LogP contribution in [0.15, 0.2) is 64.0 Å². The Hall–Kier alpha value is -3.05. The normalized spacial score (nSPS) is 14.2. The topological polar surface area (TPSA) is 84.9 Å². The standard InChI is InChI=1S/C27H20BrCl2FN2O5S/c1-2-37-22-10-15(9-18(28)25(22)38-14-24(34)32-21-6-4-3-5-19(21)29)11-23-26(35)33(27(36)39-23)13-16-7-8-17(31)12-20(16)30/h3-12H,2,13-14H2,1H3,(H,32,34)/b23-11-. The maximum atomic E-state index is 13.4. The molecule has 0 bridgehead atoms. The van der Waals surface area contributed by atoms with Crippen molar-refractivity contribution in [3.8, 4) is 11.5 Å². The Morgan fingerprint density at radius 3 is 2.59 bits per heavy atom. The lowest BCUT2D eigenvalue weighted by molar-refractivity contribution is -0.123. The molecule has 1 N–H and O–H groups in total. The zero-order chi connectivity index (χ0) is 28.1. The number of rotatable bonds is 9. The molecule has 1 aliphatic heterocycles. The van der Waals surface area contributed by atoms with Gasteiger partial charge in [-0.15, -0.1) is 0 Å². The van der Waals surface area contributed by atoms with Crippen LogP contribution in [0.4, 0.5) is 14.9 Å². The Kier molecular flexibility index (Phi) is 9.55. The number of nitrogens with one attached hydrogen (secondary N) is 1. The lowest BCUT2D eigenvalue weighted by Crippen LogP contribution is -2.27. The summed E-state index contributed by atoms with van der Waals surface area (Å²) >= 11 is 16.4. The number of anilines is 1. The molecule has 0 saturated carbocycles. The summed E-state index contributed by atoms with van der Waals surface area (Å²) in [5, 5.41) is 2.73. The quantitative estimate of drug-likeness (QED) is 0.240. The fourth-order valence-electron chi connectivity index (χ4n) is 3.57. The SMILES string of the molecule is CCOc1cc(/C=C2\SC(=O)N(Cc3ccc(F)cc3Cl)C2=O)cc(Br)c1OCC(=O)Nc1ccccc1Cl. The van der Waals surface area contributed by atoms with E-state index in [9.17, 15) is 18.8 Å². The van der Waals surface area contributed by atoms with E-state index in [2.05, 4.69) is 21.2 Å². The van der Waals surface area contributed by atoms with Gasteiger partial charge in [-0.1, -0.05) is 41.4 Å². The van der Waals surface area contributed by atoms with E-state index in [0.29, 0.717) is 44.4 Å². The smallest absolute Gasteiger partial charge is 0.293 e. The highest BCUT2D eigenvalue weighted by atomic mass is 79.9. The van der Waals surface area contributed by atoms with Crippen LogP contribution in [0.2, 0.25) is 10.0 Å². The summed E-state index contributed by atoms with van der Waals surface area (Å²) in [6, 6.07) is 13.9. The minimum Gasteiger partial charge on any atom is -0.490 e. The van der Waals surface area contributed by atoms with Gasteiger partial charge in [0.15, 0.2) is 18.1 Å². The highest BCUT2D eigenvalue weighted by Crippen LogP contribution is 2.40. The van der Waals surface area contributed by atoms with E-state index >= 15 is 0 Å². The fourth-order valence-corrected chi connectivity index (χ4v) is 5.39. The van der Waals surface area contributed by atoms with Crippen molar-refractivity contribution >= 4 is 79.7 Å². The molecular weight excluding hydrogens is 634 g/mol. The average Bonchev–Trinajstić information content (AvgIpc) is 3.14. The second-order valence-corrected chi connectivity index (χ2v) is 10.7. The number of benzene rings is 3. The second kappa shape index (κ2) is 12.9. The third-order valence-electron chi connectivity index (χ3n) is 5.34. The zero-order valence-electron chi connectivity index (χ0n) is 20.3. The first-order chi connectivity index (χ1) is 18.7. The molecule has 3 amide bonds. The number of imide groups is 1. The van der Waals surface area contributed by atoms with Gasteiger partial charge in [-0.25, -0.2) is 4.39 Å². The van der Waals surface area contributed by atoms with E-state index in [1.165, 1.54) is 12.1 Å². The fraction of sp³-hybridized carbons (Fsp3) is 0.148. The van der Waals surface area contributed by atoms with Crippen LogP contribution in [0.5, 0.6) is 11.5 Å². The lowest BCUT2D eigenvalue weighted by atomic mass is 10.1. The van der Waals surface area contributed by atoms with Gasteiger partial charge >= 0.3 is 0 Å². The molecule has 1 saturated heterocycles. The summed E-state index contributed by atoms with van der Waals surface area (Å²) in [7, 11) is 0. The summed E-state index contributed by atoms with van der Waals surface area (Å²) in [5.41, 5.74) is 1.47. The van der Waals surface area contributed by atoms with Gasteiger partial charge in [-0.3, -0.25) is 19.3 Å². The first-order valence-electron chi connectivity index (χ1n) is 11.5. The highest BCUT2D eigenvalue weighted by Gasteiger charge is 2.35. The van der Waals surface area contributed by atoms with Gasteiger partial charge in [0.1, 0.15) is 5.82 Å². The molecular formula is C27H20BrCl2FN2O5S. The Labute approximate surface area is 246 Å². The predicted octanol–water partition coefficient (Wildman–Crippen LogP) is 7.55. The second-order valence-electron chi connectivity index (χ2n) is 8.08. The van der Waals surface area contributed by atoms with Crippen LogP contribution in [0.3, 0.4) is 0 Å². The number of carbonyl (C=O) groups is 3. The number of hydrogen-bond donors (Lipinski definition) is 1. The number of ether oxygens (including phenoxy) is 2. The number of hydrogen-bond acceptors (Lipinski definition) is 6. The Morgan fingerprint density at radius 1 is 1.10 bits per heavy atom. The van der Waals surface area contributed by atoms with Crippen LogP contribution in [0.1, 0.15) is 18.1 Å². The van der Waals surface area contributed by atoms with E-state index in [0.717, 1.165) is 22.7 Å². The first-order valence-corrected chi connectivity index (χ1v) is 13.9. The van der Waals surface area contributed by atoms with E-state index in [4.69, 9.17) is 32.7 Å². The maximum absolute atomic E-state index is 13.4. The van der Waals surface area contributed by atoms with Crippen LogP contribution in [0, 0.1) is 5.82 Å². The Balaban J connectivity index is 1.50. The molecule has 0 aromatic heterocycles. The van der Waals surface area contributed by atoms with Crippen molar-refractivity contribution in [1.82, 2.24) is 4.90 Å². The number of nitrogens with zero attached hydrogens (tertiary/aromatic N) is 1. The van der Waals surface area contributed by atoms with Gasteiger partial charge in [0.05, 0.1) is 33.2 Å². The van der Waals surface area contributed by atoms with Crippen LogP contribution in [-0.4, -0.2) is 35.2 Å². The van der Waals surface area contributed by atoms with Crippen LogP contribution >= 0.6 is 50.9 Å². The largest absolute Gasteiger partial charge is 0.490 e. The summed E-state index contributed by atoms with van der Waals surface area (Å²) in [5.74, 6) is -0.807. The van der Waals surface area contributed by atoms with E-state index < -0.39 is 22.9 Å². The highest BCUT2D eigenvalue weighted by molar-refractivity contribution is 9.10. The van der Waals surface area contributed by atoms with Crippen molar-refractivity contribution in [2.24, 2.45) is 0 Å². The molecule has 12 heteroatoms. The molecule has 0 unspecified atom stereocenters. The van der Waals surface area contributed by atoms with Crippen molar-refractivity contribution in [3.05, 3.63) is 91.0 Å². The van der Waals surface area contributed by atoms with Gasteiger partial charge in [0, 0.05) is 5.02 Å². The monoisotopic (exact) mass is 652 g/mol. The Morgan fingerprint density at radius 2 is 1.87 bits per heavy atom. The summed E-state index contributed by atoms with van der Waals surface area (Å²) in [4.78, 5) is 39.2. The lowest BCUT2D eigenvalue weighted by Gasteiger charge is -2.15. The summed E-state index contributed by atoms with van der Waals surface area (Å²) in [6.07, 6.45) is 1.55. The first kappa shape index (κ1) is 28.9. The minimum absolute atomic E-state index is 0.0853. The zero-order valence-corrected chi connectivity index (χ0v) is 24.2. The molecule has 3 aromatic rings. The molecule has 1 heterocycles. The number of carbonyl (C=O) groups excluding carboxylic acids is 3. The number of halogens is 4. The molecule has 202 valence electrons. The Bertz CT molecular complexity index is 1490. The molecule has 0 radical (unpaired) electrons. The van der Waals surface area contributed by atoms with Gasteiger partial charge in [0.25, 0.3) is 17.1 Å². The van der Waals surface area contributed by atoms with Crippen molar-refractivity contribution in [3.63, 3.8) is 0 Å². The van der Waals surface area contributed by atoms with E-state index in [1.54, 1.807) is 49.4 Å². The van der Waals surface area contributed by atoms with Gasteiger partial charge in [-0.2, -0.15) is 0 Å². The molecule has 0 aliphatic carbocycles. The number of thioether (sulfide) groups is 1. The van der Waals surface area contributed by atoms with Gasteiger partial charge in [-0.05, 0) is 88.2 Å². The predicted molar refractivity (Wildman–Crippen MR) is 154 cm³/mol. The van der Waals surface area contributed by atoms with Crippen molar-refractivity contribution in [2.45, 2.75) is 13.5 Å². The van der Waals surface area contributed by atoms with Crippen molar-refractivity contribution in [1.29, 1.82) is 0 Å². The number of para-hydroxylation sites is 1. The van der Waals surface area contributed by atoms with E-state index in [1.807, 2.05) is 0 Å². The molecule has 1 aliphatic rings. The van der Waals surface area contributed by atoms with Gasteiger partial charge < -0.3 is 14.8 Å². The molecule has 7 nitrogen and oxygen atoms in total. The summed E-state index contributed by atoms with van der Waals surface area (Å²) in [6.45, 7) is 1.71. The van der Waals surface area contributed by atoms with Crippen LogP contribution < -0.4 is 14.8 Å².